The molecule has 0 aliphatic heterocycles. The summed E-state index contributed by atoms with van der Waals surface area (Å²) >= 11 is 0. The number of carbonyl (C=O) groups is 1. The first-order chi connectivity index (χ1) is 15.4. The molecule has 32 heavy (non-hydrogen) atoms. The average Bonchev–Trinajstić information content (AvgIpc) is 2.82. The second-order valence-electron chi connectivity index (χ2n) is 7.00. The molecule has 0 saturated heterocycles. The van der Waals surface area contributed by atoms with Gasteiger partial charge in [0.05, 0.1) is 14.2 Å². The Labute approximate surface area is 185 Å². The van der Waals surface area contributed by atoms with E-state index in [-0.39, 0.29) is 23.7 Å². The van der Waals surface area contributed by atoms with Gasteiger partial charge in [0.25, 0.3) is 0 Å². The zero-order valence-electron chi connectivity index (χ0n) is 17.8. The molecular weight excluding hydrogens is 411 g/mol. The van der Waals surface area contributed by atoms with Gasteiger partial charge in [-0.25, -0.2) is 4.39 Å². The van der Waals surface area contributed by atoms with Crippen LogP contribution in [0.25, 0.3) is 0 Å². The Morgan fingerprint density at radius 3 is 2.25 bits per heavy atom. The van der Waals surface area contributed by atoms with E-state index < -0.39 is 17.8 Å². The number of hydrogen-bond donors (Lipinski definition) is 4. The minimum absolute atomic E-state index is 0.0698. The predicted octanol–water partition coefficient (Wildman–Crippen LogP) is 3.60. The van der Waals surface area contributed by atoms with Crippen LogP contribution in [-0.4, -0.2) is 26.0 Å². The van der Waals surface area contributed by atoms with Crippen LogP contribution in [0.1, 0.15) is 22.7 Å². The quantitative estimate of drug-likeness (QED) is 0.303. The molecule has 0 unspecified atom stereocenters. The lowest BCUT2D eigenvalue weighted by Crippen LogP contribution is -2.33. The predicted molar refractivity (Wildman–Crippen MR) is 122 cm³/mol. The van der Waals surface area contributed by atoms with Crippen LogP contribution >= 0.6 is 0 Å². The number of anilines is 1. The van der Waals surface area contributed by atoms with E-state index in [1.807, 2.05) is 30.3 Å². The van der Waals surface area contributed by atoms with Crippen LogP contribution in [0.15, 0.2) is 66.7 Å². The van der Waals surface area contributed by atoms with Crippen LogP contribution < -0.4 is 25.8 Å². The molecule has 0 saturated carbocycles. The molecule has 3 rings (SSSR count). The molecule has 8 heteroatoms. The van der Waals surface area contributed by atoms with Gasteiger partial charge in [-0.1, -0.05) is 30.3 Å². The van der Waals surface area contributed by atoms with Gasteiger partial charge in [-0.2, -0.15) is 0 Å². The molecule has 0 radical (unpaired) electrons. The Morgan fingerprint density at radius 1 is 1.03 bits per heavy atom. The van der Waals surface area contributed by atoms with Crippen LogP contribution in [-0.2, 0) is 11.3 Å². The zero-order chi connectivity index (χ0) is 23.1. The van der Waals surface area contributed by atoms with E-state index in [4.69, 9.17) is 20.6 Å². The summed E-state index contributed by atoms with van der Waals surface area (Å²) in [5.74, 6) is -0.577. The number of carbonyl (C=O) groups excluding carboxylic acids is 1. The fourth-order valence-electron chi connectivity index (χ4n) is 3.18. The number of hydrogen-bond acceptors (Lipinski definition) is 5. The summed E-state index contributed by atoms with van der Waals surface area (Å²) in [5.41, 5.74) is 7.62. The van der Waals surface area contributed by atoms with E-state index in [0.29, 0.717) is 17.0 Å². The highest BCUT2D eigenvalue weighted by atomic mass is 19.1. The summed E-state index contributed by atoms with van der Waals surface area (Å²) < 4.78 is 25.4. The number of rotatable bonds is 9. The highest BCUT2D eigenvalue weighted by Gasteiger charge is 2.26. The number of nitrogen functional groups attached to an aromatic ring is 1. The molecule has 0 aliphatic carbocycles. The van der Waals surface area contributed by atoms with Crippen molar-refractivity contribution in [1.29, 1.82) is 5.41 Å². The summed E-state index contributed by atoms with van der Waals surface area (Å²) in [4.78, 5) is 13.1. The molecule has 166 valence electrons. The summed E-state index contributed by atoms with van der Waals surface area (Å²) in [7, 11) is 2.85. The minimum Gasteiger partial charge on any atom is -0.493 e. The van der Waals surface area contributed by atoms with Gasteiger partial charge in [0.15, 0.2) is 11.5 Å². The number of methoxy groups -OCH3 is 2. The molecule has 0 fully saturated rings. The molecule has 1 amide bonds. The van der Waals surface area contributed by atoms with Crippen molar-refractivity contribution in [3.05, 3.63) is 89.2 Å². The van der Waals surface area contributed by atoms with E-state index in [2.05, 4.69) is 10.6 Å². The fraction of sp³-hybridized carbons (Fsp3) is 0.167. The van der Waals surface area contributed by atoms with Gasteiger partial charge in [0, 0.05) is 29.4 Å². The van der Waals surface area contributed by atoms with Crippen molar-refractivity contribution < 1.29 is 18.7 Å². The SMILES string of the molecule is COc1cc(F)c([C@H](Nc2ccc(C(=N)N)cc2)C(=O)NCc2ccccc2)cc1OC. The smallest absolute Gasteiger partial charge is 0.247 e. The Balaban J connectivity index is 1.93. The molecule has 3 aromatic rings. The Morgan fingerprint density at radius 2 is 1.66 bits per heavy atom. The maximum Gasteiger partial charge on any atom is 0.247 e. The number of ether oxygens (including phenoxy) is 2. The third-order valence-electron chi connectivity index (χ3n) is 4.89. The maximum absolute atomic E-state index is 15.0. The molecule has 5 N–H and O–H groups in total. The first-order valence-corrected chi connectivity index (χ1v) is 9.87. The summed E-state index contributed by atoms with van der Waals surface area (Å²) in [6.45, 7) is 0.288. The highest BCUT2D eigenvalue weighted by Crippen LogP contribution is 2.34. The number of benzene rings is 3. The molecule has 0 spiro atoms. The maximum atomic E-state index is 15.0. The van der Waals surface area contributed by atoms with Crippen molar-refractivity contribution in [3.8, 4) is 11.5 Å². The first-order valence-electron chi connectivity index (χ1n) is 9.87. The molecular formula is C24H25FN4O3. The van der Waals surface area contributed by atoms with E-state index >= 15 is 0 Å². The molecule has 0 aliphatic rings. The van der Waals surface area contributed by atoms with Gasteiger partial charge in [0.1, 0.15) is 17.7 Å². The fourth-order valence-corrected chi connectivity index (χ4v) is 3.18. The van der Waals surface area contributed by atoms with Gasteiger partial charge in [-0.3, -0.25) is 10.2 Å². The van der Waals surface area contributed by atoms with Crippen molar-refractivity contribution in [2.24, 2.45) is 5.73 Å². The molecule has 0 bridgehead atoms. The van der Waals surface area contributed by atoms with E-state index in [1.165, 1.54) is 26.4 Å². The van der Waals surface area contributed by atoms with Crippen molar-refractivity contribution in [3.63, 3.8) is 0 Å². The Kier molecular flexibility index (Phi) is 7.28. The zero-order valence-corrected chi connectivity index (χ0v) is 17.8. The van der Waals surface area contributed by atoms with Gasteiger partial charge in [-0.05, 0) is 35.9 Å². The van der Waals surface area contributed by atoms with Gasteiger partial charge in [-0.15, -0.1) is 0 Å². The average molecular weight is 436 g/mol. The van der Waals surface area contributed by atoms with Crippen molar-refractivity contribution >= 4 is 17.4 Å². The minimum atomic E-state index is -1.05. The van der Waals surface area contributed by atoms with Crippen molar-refractivity contribution in [2.75, 3.05) is 19.5 Å². The van der Waals surface area contributed by atoms with Crippen LogP contribution in [0.4, 0.5) is 10.1 Å². The summed E-state index contributed by atoms with van der Waals surface area (Å²) in [6.07, 6.45) is 0. The third-order valence-corrected chi connectivity index (χ3v) is 4.89. The van der Waals surface area contributed by atoms with E-state index in [0.717, 1.165) is 5.56 Å². The topological polar surface area (TPSA) is 109 Å². The number of amidine groups is 1. The lowest BCUT2D eigenvalue weighted by molar-refractivity contribution is -0.122. The van der Waals surface area contributed by atoms with Gasteiger partial charge in [0.2, 0.25) is 5.91 Å². The lowest BCUT2D eigenvalue weighted by atomic mass is 10.0. The summed E-state index contributed by atoms with van der Waals surface area (Å²) in [5, 5.41) is 13.4. The van der Waals surface area contributed by atoms with Crippen LogP contribution in [0.3, 0.4) is 0 Å². The number of nitrogens with two attached hydrogens (primary N) is 1. The van der Waals surface area contributed by atoms with Gasteiger partial charge >= 0.3 is 0 Å². The first kappa shape index (κ1) is 22.6. The largest absolute Gasteiger partial charge is 0.493 e. The van der Waals surface area contributed by atoms with Crippen molar-refractivity contribution in [2.45, 2.75) is 12.6 Å². The lowest BCUT2D eigenvalue weighted by Gasteiger charge is -2.22. The van der Waals surface area contributed by atoms with E-state index in [9.17, 15) is 9.18 Å². The molecule has 7 nitrogen and oxygen atoms in total. The Bertz CT molecular complexity index is 1090. The number of halogens is 1. The van der Waals surface area contributed by atoms with Crippen LogP contribution in [0.5, 0.6) is 11.5 Å². The molecule has 1 atom stereocenters. The monoisotopic (exact) mass is 436 g/mol. The summed E-state index contributed by atoms with van der Waals surface area (Å²) in [6, 6.07) is 17.6. The number of amides is 1. The molecule has 0 aromatic heterocycles. The van der Waals surface area contributed by atoms with E-state index in [1.54, 1.807) is 24.3 Å². The Hall–Kier alpha value is -4.07. The third kappa shape index (κ3) is 5.34. The second-order valence-corrected chi connectivity index (χ2v) is 7.00. The van der Waals surface area contributed by atoms with Crippen LogP contribution in [0.2, 0.25) is 0 Å². The second kappa shape index (κ2) is 10.3. The van der Waals surface area contributed by atoms with Gasteiger partial charge < -0.3 is 25.8 Å². The number of nitrogens with one attached hydrogen (secondary N) is 3. The molecule has 3 aromatic carbocycles. The van der Waals surface area contributed by atoms with Crippen molar-refractivity contribution in [1.82, 2.24) is 5.32 Å². The van der Waals surface area contributed by atoms with Crippen LogP contribution in [0, 0.1) is 11.2 Å². The highest BCUT2D eigenvalue weighted by molar-refractivity contribution is 5.95. The standard InChI is InChI=1S/C24H25FN4O3/c1-31-20-12-18(19(25)13-21(20)32-2)22(24(30)28-14-15-6-4-3-5-7-15)29-17-10-8-16(9-11-17)23(26)27/h3-13,22,29H,14H2,1-2H3,(H3,26,27)(H,28,30)/t22-/m0/s1. The normalized spacial score (nSPS) is 11.3. The molecule has 0 heterocycles.